The zero-order valence-electron chi connectivity index (χ0n) is 16.6. The summed E-state index contributed by atoms with van der Waals surface area (Å²) in [5.41, 5.74) is -0.370. The molecule has 0 unspecified atom stereocenters. The first-order chi connectivity index (χ1) is 12.3. The smallest absolute Gasteiger partial charge is 0.410 e. The molecule has 0 spiro atoms. The van der Waals surface area contributed by atoms with Gasteiger partial charge in [0.1, 0.15) is 5.60 Å². The first-order valence-corrected chi connectivity index (χ1v) is 10.6. The van der Waals surface area contributed by atoms with E-state index in [1.807, 2.05) is 25.7 Å². The third-order valence-corrected chi connectivity index (χ3v) is 6.03. The van der Waals surface area contributed by atoms with E-state index in [2.05, 4.69) is 5.32 Å². The Morgan fingerprint density at radius 1 is 1.15 bits per heavy atom. The average molecular weight is 387 g/mol. The third-order valence-electron chi connectivity index (χ3n) is 5.84. The number of hydrogen-bond donors (Lipinski definition) is 1. The molecule has 0 aromatic carbocycles. The van der Waals surface area contributed by atoms with Crippen molar-refractivity contribution in [1.29, 1.82) is 0 Å². The van der Waals surface area contributed by atoms with Gasteiger partial charge in [-0.15, -0.1) is 11.6 Å². The van der Waals surface area contributed by atoms with Crippen LogP contribution in [0.1, 0.15) is 72.1 Å². The van der Waals surface area contributed by atoms with Gasteiger partial charge in [0.15, 0.2) is 0 Å². The molecule has 0 aromatic heterocycles. The topological polar surface area (TPSA) is 58.6 Å². The third kappa shape index (κ3) is 6.04. The minimum Gasteiger partial charge on any atom is -0.444 e. The van der Waals surface area contributed by atoms with Crippen LogP contribution in [0.5, 0.6) is 0 Å². The van der Waals surface area contributed by atoms with E-state index < -0.39 is 5.60 Å². The molecule has 0 radical (unpaired) electrons. The van der Waals surface area contributed by atoms with Crippen LogP contribution in [-0.4, -0.2) is 48.0 Å². The maximum absolute atomic E-state index is 12.4. The molecule has 2 fully saturated rings. The van der Waals surface area contributed by atoms with Gasteiger partial charge in [0.05, 0.1) is 0 Å². The summed E-state index contributed by atoms with van der Waals surface area (Å²) in [6.07, 6.45) is 8.34. The fourth-order valence-corrected chi connectivity index (χ4v) is 4.53. The minimum absolute atomic E-state index is 0.0322. The van der Waals surface area contributed by atoms with Crippen LogP contribution < -0.4 is 5.32 Å². The Hall–Kier alpha value is -0.970. The fourth-order valence-electron chi connectivity index (χ4n) is 4.35. The van der Waals surface area contributed by atoms with Crippen LogP contribution in [0.4, 0.5) is 4.79 Å². The Morgan fingerprint density at radius 2 is 1.77 bits per heavy atom. The zero-order chi connectivity index (χ0) is 19.2. The molecule has 0 atom stereocenters. The molecule has 2 amide bonds. The zero-order valence-corrected chi connectivity index (χ0v) is 17.4. The molecule has 2 rings (SSSR count). The number of amides is 2. The first-order valence-electron chi connectivity index (χ1n) is 10.1. The summed E-state index contributed by atoms with van der Waals surface area (Å²) < 4.78 is 5.52. The van der Waals surface area contributed by atoms with Crippen molar-refractivity contribution < 1.29 is 14.3 Å². The van der Waals surface area contributed by atoms with E-state index in [0.29, 0.717) is 37.9 Å². The van der Waals surface area contributed by atoms with Crippen LogP contribution in [-0.2, 0) is 9.53 Å². The number of likely N-dealkylation sites (tertiary alicyclic amines) is 1. The number of hydrogen-bond acceptors (Lipinski definition) is 3. The van der Waals surface area contributed by atoms with Gasteiger partial charge in [0, 0.05) is 31.9 Å². The van der Waals surface area contributed by atoms with Crippen LogP contribution in [0.25, 0.3) is 0 Å². The van der Waals surface area contributed by atoms with Crippen molar-refractivity contribution in [3.63, 3.8) is 0 Å². The van der Waals surface area contributed by atoms with Gasteiger partial charge in [-0.25, -0.2) is 4.79 Å². The lowest BCUT2D eigenvalue weighted by molar-refractivity contribution is -0.121. The summed E-state index contributed by atoms with van der Waals surface area (Å²) in [7, 11) is 0. The van der Waals surface area contributed by atoms with E-state index in [1.54, 1.807) is 0 Å². The maximum Gasteiger partial charge on any atom is 0.410 e. The van der Waals surface area contributed by atoms with Crippen LogP contribution in [0, 0.1) is 11.3 Å². The Balaban J connectivity index is 2.00. The summed E-state index contributed by atoms with van der Waals surface area (Å²) in [5.74, 6) is 1.02. The molecule has 1 aliphatic carbocycles. The molecule has 1 saturated carbocycles. The molecule has 6 heteroatoms. The van der Waals surface area contributed by atoms with E-state index >= 15 is 0 Å². The van der Waals surface area contributed by atoms with Gasteiger partial charge in [-0.3, -0.25) is 4.79 Å². The predicted molar refractivity (Wildman–Crippen MR) is 104 cm³/mol. The van der Waals surface area contributed by atoms with Gasteiger partial charge in [0.25, 0.3) is 0 Å². The second-order valence-electron chi connectivity index (χ2n) is 8.88. The normalized spacial score (nSPS) is 21.3. The van der Waals surface area contributed by atoms with E-state index in [0.717, 1.165) is 12.8 Å². The maximum atomic E-state index is 12.4. The fraction of sp³-hybridized carbons (Fsp3) is 0.900. The molecule has 1 heterocycles. The van der Waals surface area contributed by atoms with E-state index in [9.17, 15) is 9.59 Å². The molecule has 5 nitrogen and oxygen atoms in total. The summed E-state index contributed by atoms with van der Waals surface area (Å²) in [6, 6.07) is 0. The summed E-state index contributed by atoms with van der Waals surface area (Å²) in [5, 5.41) is 3.12. The standard InChI is InChI=1S/C20H35ClN2O3/c1-19(2,3)26-18(25)23-13-10-20(11-14-23,15-22-17(24)9-12-21)16-7-5-4-6-8-16/h16H,4-15H2,1-3H3,(H,22,24). The monoisotopic (exact) mass is 386 g/mol. The van der Waals surface area contributed by atoms with Gasteiger partial charge in [0.2, 0.25) is 5.91 Å². The molecular weight excluding hydrogens is 352 g/mol. The number of alkyl halides is 1. The van der Waals surface area contributed by atoms with Crippen molar-refractivity contribution in [2.75, 3.05) is 25.5 Å². The van der Waals surface area contributed by atoms with Crippen molar-refractivity contribution in [3.8, 4) is 0 Å². The van der Waals surface area contributed by atoms with Gasteiger partial charge >= 0.3 is 6.09 Å². The summed E-state index contributed by atoms with van der Waals surface area (Å²) >= 11 is 5.69. The van der Waals surface area contributed by atoms with Crippen LogP contribution in [0.2, 0.25) is 0 Å². The predicted octanol–water partition coefficient (Wildman–Crippen LogP) is 4.33. The SMILES string of the molecule is CC(C)(C)OC(=O)N1CCC(CNC(=O)CCCl)(C2CCCCC2)CC1. The van der Waals surface area contributed by atoms with Crippen LogP contribution in [0.3, 0.4) is 0 Å². The Bertz CT molecular complexity index is 476. The largest absolute Gasteiger partial charge is 0.444 e. The van der Waals surface area contributed by atoms with Crippen LogP contribution in [0.15, 0.2) is 0 Å². The van der Waals surface area contributed by atoms with Crippen molar-refractivity contribution in [2.24, 2.45) is 11.3 Å². The number of rotatable bonds is 5. The van der Waals surface area contributed by atoms with Crippen molar-refractivity contribution in [2.45, 2.75) is 77.7 Å². The number of carbonyl (C=O) groups excluding carboxylic acids is 2. The van der Waals surface area contributed by atoms with Crippen molar-refractivity contribution in [1.82, 2.24) is 10.2 Å². The highest BCUT2D eigenvalue weighted by molar-refractivity contribution is 6.18. The molecule has 150 valence electrons. The number of piperidine rings is 1. The van der Waals surface area contributed by atoms with Gasteiger partial charge in [-0.1, -0.05) is 19.3 Å². The number of carbonyl (C=O) groups is 2. The quantitative estimate of drug-likeness (QED) is 0.715. The van der Waals surface area contributed by atoms with E-state index in [1.165, 1.54) is 32.1 Å². The molecule has 2 aliphatic rings. The van der Waals surface area contributed by atoms with Gasteiger partial charge in [-0.05, 0) is 57.8 Å². The summed E-state index contributed by atoms with van der Waals surface area (Å²) in [6.45, 7) is 7.80. The lowest BCUT2D eigenvalue weighted by Gasteiger charge is -2.48. The highest BCUT2D eigenvalue weighted by Crippen LogP contribution is 2.45. The molecule has 1 saturated heterocycles. The van der Waals surface area contributed by atoms with Crippen molar-refractivity contribution >= 4 is 23.6 Å². The molecular formula is C20H35ClN2O3. The second-order valence-corrected chi connectivity index (χ2v) is 9.26. The summed E-state index contributed by atoms with van der Waals surface area (Å²) in [4.78, 5) is 26.2. The molecule has 1 aliphatic heterocycles. The molecule has 0 bridgehead atoms. The number of nitrogens with zero attached hydrogens (tertiary/aromatic N) is 1. The molecule has 26 heavy (non-hydrogen) atoms. The van der Waals surface area contributed by atoms with Crippen LogP contribution >= 0.6 is 11.6 Å². The second kappa shape index (κ2) is 9.29. The lowest BCUT2D eigenvalue weighted by Crippen LogP contribution is -2.52. The number of halogens is 1. The van der Waals surface area contributed by atoms with Gasteiger partial charge < -0.3 is 15.0 Å². The Kier molecular flexibility index (Phi) is 7.63. The Morgan fingerprint density at radius 3 is 2.31 bits per heavy atom. The average Bonchev–Trinajstić information content (AvgIpc) is 2.60. The Labute approximate surface area is 163 Å². The van der Waals surface area contributed by atoms with E-state index in [-0.39, 0.29) is 17.4 Å². The molecule has 0 aromatic rings. The van der Waals surface area contributed by atoms with E-state index in [4.69, 9.17) is 16.3 Å². The first kappa shape index (κ1) is 21.3. The highest BCUT2D eigenvalue weighted by atomic mass is 35.5. The van der Waals surface area contributed by atoms with Crippen molar-refractivity contribution in [3.05, 3.63) is 0 Å². The molecule has 1 N–H and O–H groups in total. The lowest BCUT2D eigenvalue weighted by atomic mass is 9.63. The highest BCUT2D eigenvalue weighted by Gasteiger charge is 2.43. The number of ether oxygens (including phenoxy) is 1. The minimum atomic E-state index is -0.468. The number of nitrogens with one attached hydrogen (secondary N) is 1. The van der Waals surface area contributed by atoms with Gasteiger partial charge in [-0.2, -0.15) is 0 Å².